The number of amides is 1. The van der Waals surface area contributed by atoms with Crippen molar-refractivity contribution in [2.75, 3.05) is 5.32 Å². The van der Waals surface area contributed by atoms with Crippen molar-refractivity contribution >= 4 is 33.8 Å². The number of fused-ring (bicyclic) bond motifs is 1. The van der Waals surface area contributed by atoms with E-state index in [4.69, 9.17) is 11.6 Å². The Bertz CT molecular complexity index is 648. The van der Waals surface area contributed by atoms with Crippen LogP contribution in [0.2, 0.25) is 5.02 Å². The van der Waals surface area contributed by atoms with Crippen molar-refractivity contribution in [2.24, 2.45) is 0 Å². The van der Waals surface area contributed by atoms with Crippen LogP contribution in [0.1, 0.15) is 32.5 Å². The van der Waals surface area contributed by atoms with E-state index in [1.165, 1.54) is 4.88 Å². The molecule has 1 aromatic heterocycles. The van der Waals surface area contributed by atoms with Crippen molar-refractivity contribution in [3.63, 3.8) is 0 Å². The van der Waals surface area contributed by atoms with Crippen LogP contribution in [0, 0.1) is 13.8 Å². The number of nitrogens with one attached hydrogen (secondary N) is 2. The summed E-state index contributed by atoms with van der Waals surface area (Å²) in [5.74, 6) is -0.0180. The van der Waals surface area contributed by atoms with Gasteiger partial charge in [-0.3, -0.25) is 4.79 Å². The van der Waals surface area contributed by atoms with E-state index in [1.807, 2.05) is 38.1 Å². The molecule has 2 aromatic rings. The molecule has 98 valence electrons. The molecule has 0 fully saturated rings. The summed E-state index contributed by atoms with van der Waals surface area (Å²) >= 11 is 7.50. The van der Waals surface area contributed by atoms with Crippen LogP contribution in [0.15, 0.2) is 24.3 Å². The summed E-state index contributed by atoms with van der Waals surface area (Å²) in [5, 5.41) is 7.98. The van der Waals surface area contributed by atoms with Gasteiger partial charge in [0.1, 0.15) is 11.2 Å². The summed E-state index contributed by atoms with van der Waals surface area (Å²) in [6.45, 7) is 4.01. The lowest BCUT2D eigenvalue weighted by Crippen LogP contribution is -2.38. The van der Waals surface area contributed by atoms with Crippen molar-refractivity contribution in [3.8, 4) is 0 Å². The zero-order chi connectivity index (χ0) is 13.6. The molecule has 1 aliphatic heterocycles. The van der Waals surface area contributed by atoms with E-state index in [-0.39, 0.29) is 12.1 Å². The minimum absolute atomic E-state index is 0.0180. The maximum Gasteiger partial charge on any atom is 0.256 e. The SMILES string of the molecule is Cc1sc2c(c1C)C(=O)NC(c1ccc(Cl)cc1)N2. The second-order valence-corrected chi connectivity index (χ2v) is 6.25. The van der Waals surface area contributed by atoms with E-state index in [9.17, 15) is 4.79 Å². The molecule has 1 atom stereocenters. The second-order valence-electron chi connectivity index (χ2n) is 4.59. The van der Waals surface area contributed by atoms with Crippen LogP contribution in [0.4, 0.5) is 5.00 Å². The molecular weight excluding hydrogens is 280 g/mol. The number of aryl methyl sites for hydroxylation is 1. The second kappa shape index (κ2) is 4.54. The van der Waals surface area contributed by atoms with Gasteiger partial charge >= 0.3 is 0 Å². The number of carbonyl (C=O) groups is 1. The minimum atomic E-state index is -0.199. The highest BCUT2D eigenvalue weighted by molar-refractivity contribution is 7.16. The Kier molecular flexibility index (Phi) is 2.99. The van der Waals surface area contributed by atoms with Gasteiger partial charge in [0.15, 0.2) is 0 Å². The first-order valence-electron chi connectivity index (χ1n) is 5.99. The molecular formula is C14H13ClN2OS. The maximum absolute atomic E-state index is 12.2. The molecule has 1 unspecified atom stereocenters. The first-order valence-corrected chi connectivity index (χ1v) is 7.18. The fourth-order valence-electron chi connectivity index (χ4n) is 2.19. The topological polar surface area (TPSA) is 41.1 Å². The van der Waals surface area contributed by atoms with Gasteiger partial charge in [0.2, 0.25) is 0 Å². The van der Waals surface area contributed by atoms with Gasteiger partial charge in [0.25, 0.3) is 5.91 Å². The lowest BCUT2D eigenvalue weighted by molar-refractivity contribution is 0.0936. The third-order valence-corrected chi connectivity index (χ3v) is 4.76. The van der Waals surface area contributed by atoms with Crippen molar-refractivity contribution in [3.05, 3.63) is 50.9 Å². The summed E-state index contributed by atoms with van der Waals surface area (Å²) in [6.07, 6.45) is -0.199. The van der Waals surface area contributed by atoms with Crippen LogP contribution < -0.4 is 10.6 Å². The lowest BCUT2D eigenvalue weighted by Gasteiger charge is -2.26. The normalized spacial score (nSPS) is 17.6. The molecule has 19 heavy (non-hydrogen) atoms. The van der Waals surface area contributed by atoms with Gasteiger partial charge in [-0.2, -0.15) is 0 Å². The van der Waals surface area contributed by atoms with Crippen molar-refractivity contribution in [1.29, 1.82) is 0 Å². The number of rotatable bonds is 1. The number of benzene rings is 1. The van der Waals surface area contributed by atoms with Gasteiger partial charge in [-0.25, -0.2) is 0 Å². The van der Waals surface area contributed by atoms with Gasteiger partial charge in [-0.1, -0.05) is 23.7 Å². The van der Waals surface area contributed by atoms with Crippen LogP contribution in [0.3, 0.4) is 0 Å². The Hall–Kier alpha value is -1.52. The highest BCUT2D eigenvalue weighted by atomic mass is 35.5. The zero-order valence-corrected chi connectivity index (χ0v) is 12.2. The molecule has 0 saturated carbocycles. The highest BCUT2D eigenvalue weighted by Crippen LogP contribution is 2.37. The Labute approximate surface area is 120 Å². The number of carbonyl (C=O) groups excluding carboxylic acids is 1. The van der Waals surface area contributed by atoms with Crippen LogP contribution >= 0.6 is 22.9 Å². The van der Waals surface area contributed by atoms with Crippen molar-refractivity contribution in [2.45, 2.75) is 20.0 Å². The first-order chi connectivity index (χ1) is 9.06. The number of thiophene rings is 1. The average Bonchev–Trinajstić information content (AvgIpc) is 2.66. The molecule has 5 heteroatoms. The van der Waals surface area contributed by atoms with Gasteiger partial charge < -0.3 is 10.6 Å². The smallest absolute Gasteiger partial charge is 0.256 e. The molecule has 0 bridgehead atoms. The molecule has 3 nitrogen and oxygen atoms in total. The van der Waals surface area contributed by atoms with Crippen molar-refractivity contribution < 1.29 is 4.79 Å². The number of hydrogen-bond donors (Lipinski definition) is 2. The zero-order valence-electron chi connectivity index (χ0n) is 10.6. The summed E-state index contributed by atoms with van der Waals surface area (Å²) in [5.41, 5.74) is 2.82. The summed E-state index contributed by atoms with van der Waals surface area (Å²) in [7, 11) is 0. The Balaban J connectivity index is 1.97. The number of hydrogen-bond acceptors (Lipinski definition) is 3. The fourth-order valence-corrected chi connectivity index (χ4v) is 3.41. The Morgan fingerprint density at radius 2 is 1.84 bits per heavy atom. The van der Waals surface area contributed by atoms with Gasteiger partial charge in [0.05, 0.1) is 5.56 Å². The molecule has 1 aliphatic rings. The van der Waals surface area contributed by atoms with Crippen molar-refractivity contribution in [1.82, 2.24) is 5.32 Å². The molecule has 1 aromatic carbocycles. The van der Waals surface area contributed by atoms with Crippen LogP contribution in [0.25, 0.3) is 0 Å². The predicted octanol–water partition coefficient (Wildman–Crippen LogP) is 3.87. The Morgan fingerprint density at radius 3 is 2.53 bits per heavy atom. The lowest BCUT2D eigenvalue weighted by atomic mass is 10.1. The fraction of sp³-hybridized carbons (Fsp3) is 0.214. The summed E-state index contributed by atoms with van der Waals surface area (Å²) in [4.78, 5) is 13.4. The van der Waals surface area contributed by atoms with E-state index in [2.05, 4.69) is 10.6 Å². The number of halogens is 1. The molecule has 1 amide bonds. The van der Waals surface area contributed by atoms with E-state index >= 15 is 0 Å². The third kappa shape index (κ3) is 2.11. The highest BCUT2D eigenvalue weighted by Gasteiger charge is 2.28. The van der Waals surface area contributed by atoms with Gasteiger partial charge in [-0.05, 0) is 37.1 Å². The van der Waals surface area contributed by atoms with E-state index in [1.54, 1.807) is 11.3 Å². The average molecular weight is 293 g/mol. The quantitative estimate of drug-likeness (QED) is 0.838. The van der Waals surface area contributed by atoms with Gasteiger partial charge in [0, 0.05) is 9.90 Å². The molecule has 0 radical (unpaired) electrons. The van der Waals surface area contributed by atoms with Crippen LogP contribution in [-0.2, 0) is 0 Å². The largest absolute Gasteiger partial charge is 0.353 e. The molecule has 0 saturated heterocycles. The molecule has 2 N–H and O–H groups in total. The van der Waals surface area contributed by atoms with Crippen LogP contribution in [-0.4, -0.2) is 5.91 Å². The summed E-state index contributed by atoms with van der Waals surface area (Å²) in [6, 6.07) is 7.48. The maximum atomic E-state index is 12.2. The minimum Gasteiger partial charge on any atom is -0.353 e. The third-order valence-electron chi connectivity index (χ3n) is 3.37. The van der Waals surface area contributed by atoms with E-state index < -0.39 is 0 Å². The van der Waals surface area contributed by atoms with Crippen LogP contribution in [0.5, 0.6) is 0 Å². The molecule has 2 heterocycles. The number of anilines is 1. The van der Waals surface area contributed by atoms with E-state index in [0.717, 1.165) is 21.7 Å². The van der Waals surface area contributed by atoms with E-state index in [0.29, 0.717) is 5.02 Å². The Morgan fingerprint density at radius 1 is 1.16 bits per heavy atom. The predicted molar refractivity (Wildman–Crippen MR) is 79.1 cm³/mol. The standard InChI is InChI=1S/C14H13ClN2OS/c1-7-8(2)19-14-11(7)13(18)16-12(17-14)9-3-5-10(15)6-4-9/h3-6,12,17H,1-2H3,(H,16,18). The summed E-state index contributed by atoms with van der Waals surface area (Å²) < 4.78 is 0. The monoisotopic (exact) mass is 292 g/mol. The molecule has 3 rings (SSSR count). The first kappa shape index (κ1) is 12.5. The molecule has 0 aliphatic carbocycles. The van der Waals surface area contributed by atoms with Gasteiger partial charge in [-0.15, -0.1) is 11.3 Å². The molecule has 0 spiro atoms.